The Morgan fingerprint density at radius 1 is 0.750 bits per heavy atom. The number of hydrogen-bond acceptors (Lipinski definition) is 0. The van der Waals surface area contributed by atoms with Gasteiger partial charge in [-0.05, 0) is 0 Å². The Kier molecular flexibility index (Phi) is 1.89. The first kappa shape index (κ1) is 11.3. The summed E-state index contributed by atoms with van der Waals surface area (Å²) in [7, 11) is -10.7. The van der Waals surface area contributed by atoms with Crippen molar-refractivity contribution >= 4 is 7.81 Å². The molecule has 0 saturated heterocycles. The number of hydrogen-bond donors (Lipinski definition) is 0. The monoisotopic (exact) mass is 201 g/mol. The topological polar surface area (TPSA) is 0 Å². The van der Waals surface area contributed by atoms with E-state index in [0.717, 1.165) is 0 Å². The van der Waals surface area contributed by atoms with Gasteiger partial charge in [0.25, 0.3) is 0 Å². The molecule has 0 spiro atoms. The fourth-order valence-electron chi connectivity index (χ4n) is 0. The summed E-state index contributed by atoms with van der Waals surface area (Å²) in [4.78, 5) is 0. The van der Waals surface area contributed by atoms with E-state index in [-0.39, 0.29) is 18.5 Å². The first-order chi connectivity index (χ1) is 2.45. The average Bonchev–Trinajstić information content (AvgIpc) is 0.592. The maximum Gasteiger partial charge on any atom is 1.00 e. The van der Waals surface area contributed by atoms with Crippen molar-refractivity contribution in [3.8, 4) is 0 Å². The Labute approximate surface area is 52.4 Å². The molecule has 0 rings (SSSR count). The van der Waals surface area contributed by atoms with Crippen molar-refractivity contribution in [1.82, 2.24) is 0 Å². The normalized spacial score (nSPS) is 20.2. The van der Waals surface area contributed by atoms with Gasteiger partial charge in [-0.2, -0.15) is 0 Å². The van der Waals surface area contributed by atoms with Crippen LogP contribution < -0.4 is 0 Å². The molecule has 0 aromatic rings. The van der Waals surface area contributed by atoms with Gasteiger partial charge in [0.2, 0.25) is 0 Å². The molecule has 0 aromatic heterocycles. The molecule has 0 aliphatic rings. The molecular formula is HF6MnP. The molecule has 0 N–H and O–H groups in total. The molecule has 55 valence electrons. The van der Waals surface area contributed by atoms with Crippen molar-refractivity contribution in [1.29, 1.82) is 0 Å². The minimum atomic E-state index is -10.7. The van der Waals surface area contributed by atoms with Gasteiger partial charge in [-0.1, -0.05) is 0 Å². The third kappa shape index (κ3) is 712. The zero-order chi connectivity index (χ0) is 6.41. The molecule has 0 bridgehead atoms. The van der Waals surface area contributed by atoms with Crippen LogP contribution in [0, 0.1) is 0 Å². The molecule has 0 fully saturated rings. The minimum Gasteiger partial charge on any atom is 0 e. The second-order valence-electron chi connectivity index (χ2n) is 0.958. The summed E-state index contributed by atoms with van der Waals surface area (Å²) in [5.41, 5.74) is 0. The Morgan fingerprint density at radius 2 is 0.750 bits per heavy atom. The van der Waals surface area contributed by atoms with Crippen LogP contribution in [0.15, 0.2) is 0 Å². The fourth-order valence-corrected chi connectivity index (χ4v) is 0. The van der Waals surface area contributed by atoms with Crippen LogP contribution in [-0.2, 0) is 17.1 Å². The molecule has 1 radical (unpaired) electrons. The van der Waals surface area contributed by atoms with Crippen LogP contribution in [0.2, 0.25) is 0 Å². The molecule has 0 atom stereocenters. The molecule has 0 saturated carbocycles. The van der Waals surface area contributed by atoms with Crippen molar-refractivity contribution in [3.63, 3.8) is 0 Å². The van der Waals surface area contributed by atoms with Gasteiger partial charge in [-0.25, -0.2) is 0 Å². The van der Waals surface area contributed by atoms with Gasteiger partial charge in [0.05, 0.1) is 0 Å². The SMILES string of the molecule is F[P-](F)(F)(F)(F)F.[H+].[Mn]. The van der Waals surface area contributed by atoms with Gasteiger partial charge in [0.1, 0.15) is 0 Å². The van der Waals surface area contributed by atoms with Gasteiger partial charge >= 0.3 is 34.4 Å². The number of rotatable bonds is 0. The first-order valence-corrected chi connectivity index (χ1v) is 3.04. The van der Waals surface area contributed by atoms with E-state index in [0.29, 0.717) is 0 Å². The number of halogens is 6. The second kappa shape index (κ2) is 1.33. The van der Waals surface area contributed by atoms with E-state index in [9.17, 15) is 25.2 Å². The molecule has 0 heterocycles. The van der Waals surface area contributed by atoms with Gasteiger partial charge < -0.3 is 0 Å². The third-order valence-electron chi connectivity index (χ3n) is 0. The Bertz CT molecular complexity index is 71.6. The van der Waals surface area contributed by atoms with Crippen LogP contribution in [-0.4, -0.2) is 0 Å². The quantitative estimate of drug-likeness (QED) is 0.319. The summed E-state index contributed by atoms with van der Waals surface area (Å²) in [5, 5.41) is 0. The molecule has 0 unspecified atom stereocenters. The molecular weight excluding hydrogens is 200 g/mol. The predicted octanol–water partition coefficient (Wildman–Crippen LogP) is 3.49. The largest absolute Gasteiger partial charge is 1.00 e. The first-order valence-electron chi connectivity index (χ1n) is 1.01. The molecule has 0 aliphatic heterocycles. The van der Waals surface area contributed by atoms with Crippen molar-refractivity contribution in [2.75, 3.05) is 0 Å². The Hall–Kier alpha value is 0.529. The van der Waals surface area contributed by atoms with Gasteiger partial charge in [0, 0.05) is 17.1 Å². The van der Waals surface area contributed by atoms with Crippen LogP contribution in [0.25, 0.3) is 0 Å². The van der Waals surface area contributed by atoms with Crippen LogP contribution in [0.5, 0.6) is 0 Å². The maximum absolute atomic E-state index is 10.7. The van der Waals surface area contributed by atoms with Crippen molar-refractivity contribution in [2.24, 2.45) is 0 Å². The van der Waals surface area contributed by atoms with Crippen molar-refractivity contribution < 1.29 is 43.7 Å². The zero-order valence-corrected chi connectivity index (χ0v) is 5.17. The van der Waals surface area contributed by atoms with E-state index in [1.807, 2.05) is 0 Å². The van der Waals surface area contributed by atoms with E-state index >= 15 is 0 Å². The van der Waals surface area contributed by atoms with Gasteiger partial charge in [-0.3, -0.25) is 0 Å². The van der Waals surface area contributed by atoms with Crippen LogP contribution in [0.3, 0.4) is 0 Å². The molecule has 0 nitrogen and oxygen atoms in total. The Morgan fingerprint density at radius 3 is 0.750 bits per heavy atom. The zero-order valence-electron chi connectivity index (χ0n) is 4.09. The molecule has 8 heavy (non-hydrogen) atoms. The van der Waals surface area contributed by atoms with Crippen LogP contribution in [0.1, 0.15) is 1.43 Å². The van der Waals surface area contributed by atoms with E-state index in [4.69, 9.17) is 0 Å². The minimum absolute atomic E-state index is 0. The molecule has 0 amide bonds. The second-order valence-corrected chi connectivity index (χ2v) is 2.87. The van der Waals surface area contributed by atoms with Crippen molar-refractivity contribution in [3.05, 3.63) is 0 Å². The average molecular weight is 201 g/mol. The predicted molar refractivity (Wildman–Crippen MR) is 14.7 cm³/mol. The molecule has 0 aromatic carbocycles. The Balaban J connectivity index is -0.000000180. The van der Waals surface area contributed by atoms with Crippen LogP contribution in [0.4, 0.5) is 25.2 Å². The van der Waals surface area contributed by atoms with Crippen LogP contribution >= 0.6 is 7.81 Å². The maximum atomic E-state index is 9.87. The van der Waals surface area contributed by atoms with E-state index in [2.05, 4.69) is 0 Å². The van der Waals surface area contributed by atoms with Gasteiger partial charge in [0.15, 0.2) is 0 Å². The van der Waals surface area contributed by atoms with E-state index < -0.39 is 7.81 Å². The standard InChI is InChI=1S/F6P.Mn/c1-7(2,3,4,5)6;/q-1;/p+1. The molecule has 8 heteroatoms. The summed E-state index contributed by atoms with van der Waals surface area (Å²) in [6, 6.07) is 0. The third-order valence-corrected chi connectivity index (χ3v) is 0. The summed E-state index contributed by atoms with van der Waals surface area (Å²) in [5.74, 6) is 0. The fraction of sp³-hybridized carbons (Fsp3) is 0. The van der Waals surface area contributed by atoms with Gasteiger partial charge in [-0.15, -0.1) is 0 Å². The summed E-state index contributed by atoms with van der Waals surface area (Å²) in [6.45, 7) is 0. The van der Waals surface area contributed by atoms with Crippen molar-refractivity contribution in [2.45, 2.75) is 0 Å². The van der Waals surface area contributed by atoms with E-state index in [1.165, 1.54) is 0 Å². The summed E-state index contributed by atoms with van der Waals surface area (Å²) in [6.07, 6.45) is 0. The summed E-state index contributed by atoms with van der Waals surface area (Å²) >= 11 is 0. The smallest absolute Gasteiger partial charge is 0 e. The summed E-state index contributed by atoms with van der Waals surface area (Å²) < 4.78 is 59.2. The molecule has 0 aliphatic carbocycles. The van der Waals surface area contributed by atoms with E-state index in [1.54, 1.807) is 0 Å².